The maximum atomic E-state index is 13.0. The molecule has 0 bridgehead atoms. The van der Waals surface area contributed by atoms with Gasteiger partial charge in [0.25, 0.3) is 0 Å². The lowest BCUT2D eigenvalue weighted by Crippen LogP contribution is -2.30. The van der Waals surface area contributed by atoms with Crippen LogP contribution in [0.15, 0.2) is 29.3 Å². The molecular formula is C20H18ClN7O2. The number of hydrogen-bond acceptors (Lipinski definition) is 5. The van der Waals surface area contributed by atoms with Gasteiger partial charge in [-0.1, -0.05) is 17.7 Å². The number of benzene rings is 1. The average molecular weight is 424 g/mol. The normalized spacial score (nSPS) is 19.4. The van der Waals surface area contributed by atoms with Crippen LogP contribution in [0.5, 0.6) is 0 Å². The topological polar surface area (TPSA) is 95.1 Å². The van der Waals surface area contributed by atoms with Crippen LogP contribution in [0, 0.1) is 6.57 Å². The lowest BCUT2D eigenvalue weighted by molar-refractivity contribution is 0.110. The van der Waals surface area contributed by atoms with E-state index in [1.807, 2.05) is 0 Å². The molecule has 1 aromatic carbocycles. The molecule has 5 rings (SSSR count). The Morgan fingerprint density at radius 2 is 2.00 bits per heavy atom. The lowest BCUT2D eigenvalue weighted by Gasteiger charge is -2.26. The van der Waals surface area contributed by atoms with Crippen molar-refractivity contribution in [1.29, 1.82) is 0 Å². The van der Waals surface area contributed by atoms with Crippen LogP contribution in [0.3, 0.4) is 0 Å². The second kappa shape index (κ2) is 6.93. The quantitative estimate of drug-likeness (QED) is 0.394. The van der Waals surface area contributed by atoms with Gasteiger partial charge in [0.2, 0.25) is 5.95 Å². The molecular weight excluding hydrogens is 406 g/mol. The summed E-state index contributed by atoms with van der Waals surface area (Å²) >= 11 is 6.50. The highest BCUT2D eigenvalue weighted by Gasteiger charge is 2.27. The predicted octanol–water partition coefficient (Wildman–Crippen LogP) is 3.15. The summed E-state index contributed by atoms with van der Waals surface area (Å²) in [6.07, 6.45) is 3.93. The maximum absolute atomic E-state index is 13.0. The molecule has 9 nitrogen and oxygen atoms in total. The van der Waals surface area contributed by atoms with Crippen LogP contribution < -0.4 is 5.69 Å². The van der Waals surface area contributed by atoms with E-state index >= 15 is 0 Å². The Kier molecular flexibility index (Phi) is 4.34. The first-order valence-corrected chi connectivity index (χ1v) is 10.0. The molecule has 0 spiro atoms. The maximum Gasteiger partial charge on any atom is 0.330 e. The van der Waals surface area contributed by atoms with Gasteiger partial charge in [0.1, 0.15) is 11.8 Å². The van der Waals surface area contributed by atoms with Gasteiger partial charge in [-0.05, 0) is 37.8 Å². The largest absolute Gasteiger partial charge is 0.393 e. The molecule has 152 valence electrons. The monoisotopic (exact) mass is 423 g/mol. The third kappa shape index (κ3) is 2.80. The SMILES string of the molecule is [C-]#[N+]c1ccc2ncn(-c3nc(Cl)c4c(n3)n(C3CCC(O)CC3)c(=O)n4C)c2c1. The second-order valence-electron chi connectivity index (χ2n) is 7.56. The Bertz CT molecular complexity index is 1390. The van der Waals surface area contributed by atoms with E-state index in [1.54, 1.807) is 40.7 Å². The highest BCUT2D eigenvalue weighted by atomic mass is 35.5. The van der Waals surface area contributed by atoms with E-state index in [0.29, 0.717) is 53.6 Å². The fourth-order valence-corrected chi connectivity index (χ4v) is 4.48. The number of nitrogens with zero attached hydrogens (tertiary/aromatic N) is 7. The van der Waals surface area contributed by atoms with Crippen LogP contribution in [0.1, 0.15) is 31.7 Å². The van der Waals surface area contributed by atoms with Crippen molar-refractivity contribution in [2.24, 2.45) is 7.05 Å². The van der Waals surface area contributed by atoms with Crippen molar-refractivity contribution in [2.45, 2.75) is 37.8 Å². The van der Waals surface area contributed by atoms with Gasteiger partial charge >= 0.3 is 5.69 Å². The van der Waals surface area contributed by atoms with Crippen molar-refractivity contribution in [3.05, 3.63) is 51.6 Å². The van der Waals surface area contributed by atoms with Gasteiger partial charge in [-0.3, -0.25) is 13.7 Å². The minimum atomic E-state index is -0.324. The van der Waals surface area contributed by atoms with Crippen molar-refractivity contribution in [2.75, 3.05) is 0 Å². The number of aryl methyl sites for hydroxylation is 1. The highest BCUT2D eigenvalue weighted by Crippen LogP contribution is 2.31. The summed E-state index contributed by atoms with van der Waals surface area (Å²) in [5.74, 6) is 0.285. The van der Waals surface area contributed by atoms with E-state index in [9.17, 15) is 9.90 Å². The van der Waals surface area contributed by atoms with Crippen LogP contribution >= 0.6 is 11.6 Å². The van der Waals surface area contributed by atoms with Gasteiger partial charge < -0.3 is 5.11 Å². The van der Waals surface area contributed by atoms with Gasteiger partial charge in [-0.15, -0.1) is 0 Å². The molecule has 0 aliphatic heterocycles. The van der Waals surface area contributed by atoms with Gasteiger partial charge in [0.15, 0.2) is 16.5 Å². The number of aliphatic hydroxyl groups excluding tert-OH is 1. The molecule has 1 fully saturated rings. The van der Waals surface area contributed by atoms with Crippen LogP contribution in [-0.2, 0) is 7.05 Å². The standard InChI is InChI=1S/C20H18ClN7O2/c1-22-11-3-8-14-15(9-11)27(10-23-14)19-24-17(21)16-18(25-19)28(20(30)26(16)2)12-4-6-13(29)7-5-12/h3,8-10,12-13,29H,4-7H2,2H3. The third-order valence-corrected chi connectivity index (χ3v) is 6.04. The smallest absolute Gasteiger partial charge is 0.330 e. The van der Waals surface area contributed by atoms with Gasteiger partial charge in [0.05, 0.1) is 23.7 Å². The minimum absolute atomic E-state index is 0.0586. The Balaban J connectivity index is 1.73. The molecule has 1 saturated carbocycles. The first-order valence-electron chi connectivity index (χ1n) is 9.65. The van der Waals surface area contributed by atoms with E-state index in [0.717, 1.165) is 0 Å². The number of halogens is 1. The van der Waals surface area contributed by atoms with Crippen molar-refractivity contribution >= 4 is 39.5 Å². The summed E-state index contributed by atoms with van der Waals surface area (Å²) in [7, 11) is 1.66. The van der Waals surface area contributed by atoms with Gasteiger partial charge in [-0.25, -0.2) is 14.6 Å². The zero-order valence-corrected chi connectivity index (χ0v) is 16.9. The Morgan fingerprint density at radius 3 is 2.73 bits per heavy atom. The molecule has 0 unspecified atom stereocenters. The molecule has 4 aromatic rings. The van der Waals surface area contributed by atoms with Crippen LogP contribution in [0.25, 0.3) is 33.0 Å². The summed E-state index contributed by atoms with van der Waals surface area (Å²) in [6, 6.07) is 5.13. The van der Waals surface area contributed by atoms with E-state index in [-0.39, 0.29) is 28.9 Å². The fraction of sp³-hybridized carbons (Fsp3) is 0.350. The third-order valence-electron chi connectivity index (χ3n) is 5.77. The Hall–Kier alpha value is -3.22. The van der Waals surface area contributed by atoms with Gasteiger partial charge in [0, 0.05) is 13.1 Å². The summed E-state index contributed by atoms with van der Waals surface area (Å²) in [6.45, 7) is 7.26. The molecule has 30 heavy (non-hydrogen) atoms. The molecule has 3 heterocycles. The molecule has 1 N–H and O–H groups in total. The molecule has 1 aliphatic carbocycles. The van der Waals surface area contributed by atoms with Gasteiger partial charge in [-0.2, -0.15) is 9.97 Å². The first-order chi connectivity index (χ1) is 14.5. The molecule has 1 aliphatic rings. The molecule has 3 aromatic heterocycles. The number of rotatable bonds is 2. The molecule has 0 atom stereocenters. The fourth-order valence-electron chi connectivity index (χ4n) is 4.19. The lowest BCUT2D eigenvalue weighted by atomic mass is 9.93. The zero-order chi connectivity index (χ0) is 21.0. The number of hydrogen-bond donors (Lipinski definition) is 1. The van der Waals surface area contributed by atoms with E-state index in [4.69, 9.17) is 18.2 Å². The second-order valence-corrected chi connectivity index (χ2v) is 7.92. The highest BCUT2D eigenvalue weighted by molar-refractivity contribution is 6.33. The Labute approximate surface area is 176 Å². The number of aromatic nitrogens is 6. The molecule has 10 heteroatoms. The molecule has 0 radical (unpaired) electrons. The number of fused-ring (bicyclic) bond motifs is 2. The van der Waals surface area contributed by atoms with Crippen molar-refractivity contribution in [1.82, 2.24) is 28.7 Å². The minimum Gasteiger partial charge on any atom is -0.393 e. The van der Waals surface area contributed by atoms with Crippen LogP contribution in [-0.4, -0.2) is 39.9 Å². The summed E-state index contributed by atoms with van der Waals surface area (Å²) in [5, 5.41) is 10.0. The summed E-state index contributed by atoms with van der Waals surface area (Å²) in [4.78, 5) is 29.9. The van der Waals surface area contributed by atoms with Crippen LogP contribution in [0.2, 0.25) is 5.15 Å². The number of aliphatic hydroxyl groups is 1. The van der Waals surface area contributed by atoms with Crippen molar-refractivity contribution in [3.63, 3.8) is 0 Å². The summed E-state index contributed by atoms with van der Waals surface area (Å²) in [5.41, 5.74) is 2.60. The summed E-state index contributed by atoms with van der Waals surface area (Å²) < 4.78 is 4.80. The van der Waals surface area contributed by atoms with Crippen LogP contribution in [0.4, 0.5) is 5.69 Å². The van der Waals surface area contributed by atoms with Crippen molar-refractivity contribution < 1.29 is 5.11 Å². The average Bonchev–Trinajstić information content (AvgIpc) is 3.27. The zero-order valence-electron chi connectivity index (χ0n) is 16.2. The number of imidazole rings is 2. The van der Waals surface area contributed by atoms with E-state index in [2.05, 4.69) is 19.8 Å². The van der Waals surface area contributed by atoms with E-state index < -0.39 is 0 Å². The molecule has 0 amide bonds. The molecule has 0 saturated heterocycles. The first kappa shape index (κ1) is 18.8. The van der Waals surface area contributed by atoms with Crippen molar-refractivity contribution in [3.8, 4) is 5.95 Å². The Morgan fingerprint density at radius 1 is 1.23 bits per heavy atom. The van der Waals surface area contributed by atoms with E-state index in [1.165, 1.54) is 4.57 Å². The predicted molar refractivity (Wildman–Crippen MR) is 112 cm³/mol.